The number of halogens is 1. The van der Waals surface area contributed by atoms with E-state index in [2.05, 4.69) is 15.4 Å². The van der Waals surface area contributed by atoms with Crippen LogP contribution in [0.1, 0.15) is 19.4 Å². The van der Waals surface area contributed by atoms with Crippen LogP contribution in [0.2, 0.25) is 0 Å². The monoisotopic (exact) mass is 294 g/mol. The van der Waals surface area contributed by atoms with Crippen molar-refractivity contribution in [2.75, 3.05) is 6.61 Å². The summed E-state index contributed by atoms with van der Waals surface area (Å²) in [4.78, 5) is 1.31. The fraction of sp³-hybridized carbons (Fsp3) is 0.500. The summed E-state index contributed by atoms with van der Waals surface area (Å²) >= 11 is 0. The molecule has 1 N–H and O–H groups in total. The largest absolute Gasteiger partial charge is 0.389 e. The van der Waals surface area contributed by atoms with Crippen LogP contribution >= 0.6 is 0 Å². The van der Waals surface area contributed by atoms with Crippen molar-refractivity contribution in [3.63, 3.8) is 0 Å². The third kappa shape index (κ3) is 4.30. The fourth-order valence-corrected chi connectivity index (χ4v) is 1.76. The lowest BCUT2D eigenvalue weighted by Gasteiger charge is -2.12. The summed E-state index contributed by atoms with van der Waals surface area (Å²) in [5.41, 5.74) is 1.21. The summed E-state index contributed by atoms with van der Waals surface area (Å²) in [6.07, 6.45) is -0.648. The number of hydrogen-bond acceptors (Lipinski definition) is 5. The minimum absolute atomic E-state index is 0.0566. The van der Waals surface area contributed by atoms with E-state index < -0.39 is 6.10 Å². The number of aromatic nitrogens is 4. The first-order valence-corrected chi connectivity index (χ1v) is 6.79. The van der Waals surface area contributed by atoms with Gasteiger partial charge < -0.3 is 9.84 Å². The van der Waals surface area contributed by atoms with Crippen LogP contribution in [0.3, 0.4) is 0 Å². The van der Waals surface area contributed by atoms with E-state index >= 15 is 0 Å². The Morgan fingerprint density at radius 1 is 1.38 bits per heavy atom. The predicted octanol–water partition coefficient (Wildman–Crippen LogP) is 1.57. The molecule has 0 saturated heterocycles. The second kappa shape index (κ2) is 6.73. The van der Waals surface area contributed by atoms with Gasteiger partial charge in [-0.05, 0) is 49.7 Å². The van der Waals surface area contributed by atoms with Crippen molar-refractivity contribution in [3.05, 3.63) is 29.6 Å². The number of ether oxygens (including phenoxy) is 1. The van der Waals surface area contributed by atoms with Gasteiger partial charge in [-0.25, -0.2) is 4.39 Å². The number of aliphatic hydroxyl groups is 1. The predicted molar refractivity (Wildman–Crippen MR) is 75.0 cm³/mol. The van der Waals surface area contributed by atoms with Crippen molar-refractivity contribution >= 4 is 0 Å². The van der Waals surface area contributed by atoms with Crippen molar-refractivity contribution in [3.8, 4) is 11.4 Å². The Hall–Kier alpha value is -1.86. The lowest BCUT2D eigenvalue weighted by Crippen LogP contribution is -2.25. The molecule has 0 bridgehead atoms. The van der Waals surface area contributed by atoms with Crippen LogP contribution in [0, 0.1) is 12.7 Å². The van der Waals surface area contributed by atoms with E-state index in [0.29, 0.717) is 17.0 Å². The van der Waals surface area contributed by atoms with E-state index in [4.69, 9.17) is 4.74 Å². The SMILES string of the molecule is Cc1cc(-c2nnn(CC(O)COC(C)C)n2)ccc1F. The fourth-order valence-electron chi connectivity index (χ4n) is 1.76. The molecule has 0 spiro atoms. The number of aliphatic hydroxyl groups excluding tert-OH is 1. The van der Waals surface area contributed by atoms with Crippen molar-refractivity contribution in [1.29, 1.82) is 0 Å². The topological polar surface area (TPSA) is 73.1 Å². The number of hydrogen-bond donors (Lipinski definition) is 1. The summed E-state index contributed by atoms with van der Waals surface area (Å²) in [6.45, 7) is 5.88. The molecule has 0 saturated carbocycles. The first-order valence-electron chi connectivity index (χ1n) is 6.79. The zero-order valence-electron chi connectivity index (χ0n) is 12.3. The Morgan fingerprint density at radius 3 is 2.81 bits per heavy atom. The molecule has 1 aromatic carbocycles. The highest BCUT2D eigenvalue weighted by Crippen LogP contribution is 2.17. The molecule has 2 aromatic rings. The Bertz CT molecular complexity index is 600. The molecule has 1 aromatic heterocycles. The Morgan fingerprint density at radius 2 is 2.14 bits per heavy atom. The summed E-state index contributed by atoms with van der Waals surface area (Å²) in [5.74, 6) is 0.127. The molecule has 21 heavy (non-hydrogen) atoms. The molecule has 7 heteroatoms. The van der Waals surface area contributed by atoms with Crippen molar-refractivity contribution in [1.82, 2.24) is 20.2 Å². The maximum absolute atomic E-state index is 13.2. The molecule has 114 valence electrons. The van der Waals surface area contributed by atoms with Crippen molar-refractivity contribution in [2.24, 2.45) is 0 Å². The first-order chi connectivity index (χ1) is 9.95. The van der Waals surface area contributed by atoms with Gasteiger partial charge in [-0.2, -0.15) is 4.80 Å². The third-order valence-electron chi connectivity index (χ3n) is 2.86. The Labute approximate surface area is 122 Å². The van der Waals surface area contributed by atoms with Gasteiger partial charge in [0.25, 0.3) is 0 Å². The van der Waals surface area contributed by atoms with Gasteiger partial charge in [0.15, 0.2) is 0 Å². The van der Waals surface area contributed by atoms with Gasteiger partial charge >= 0.3 is 0 Å². The number of rotatable bonds is 6. The molecule has 0 aliphatic heterocycles. The molecular weight excluding hydrogens is 275 g/mol. The Kier molecular flexibility index (Phi) is 4.98. The summed E-state index contributed by atoms with van der Waals surface area (Å²) < 4.78 is 18.5. The number of aryl methyl sites for hydroxylation is 1. The first kappa shape index (κ1) is 15.5. The molecule has 2 rings (SSSR count). The second-order valence-corrected chi connectivity index (χ2v) is 5.17. The maximum Gasteiger partial charge on any atom is 0.204 e. The molecule has 0 aliphatic rings. The van der Waals surface area contributed by atoms with Crippen molar-refractivity contribution < 1.29 is 14.2 Å². The van der Waals surface area contributed by atoms with Gasteiger partial charge in [0.2, 0.25) is 5.82 Å². The molecule has 1 atom stereocenters. The van der Waals surface area contributed by atoms with Crippen LogP contribution in [-0.2, 0) is 11.3 Å². The Balaban J connectivity index is 2.02. The van der Waals surface area contributed by atoms with Crippen LogP contribution in [0.5, 0.6) is 0 Å². The summed E-state index contributed by atoms with van der Waals surface area (Å²) in [6, 6.07) is 4.63. The van der Waals surface area contributed by atoms with E-state index in [1.54, 1.807) is 19.1 Å². The highest BCUT2D eigenvalue weighted by atomic mass is 19.1. The molecule has 0 amide bonds. The van der Waals surface area contributed by atoms with Crippen LogP contribution in [-0.4, -0.2) is 44.1 Å². The highest BCUT2D eigenvalue weighted by Gasteiger charge is 2.12. The average Bonchev–Trinajstić information content (AvgIpc) is 2.88. The zero-order valence-corrected chi connectivity index (χ0v) is 12.3. The number of benzene rings is 1. The van der Waals surface area contributed by atoms with E-state index in [0.717, 1.165) is 0 Å². The maximum atomic E-state index is 13.2. The van der Waals surface area contributed by atoms with Crippen LogP contribution < -0.4 is 0 Å². The summed E-state index contributed by atoms with van der Waals surface area (Å²) in [5, 5.41) is 21.8. The normalized spacial score (nSPS) is 12.9. The quantitative estimate of drug-likeness (QED) is 0.875. The van der Waals surface area contributed by atoms with Crippen LogP contribution in [0.4, 0.5) is 4.39 Å². The molecule has 6 nitrogen and oxygen atoms in total. The molecular formula is C14H19FN4O2. The minimum atomic E-state index is -0.704. The van der Waals surface area contributed by atoms with Gasteiger partial charge in [-0.15, -0.1) is 10.2 Å². The van der Waals surface area contributed by atoms with E-state index in [1.165, 1.54) is 10.9 Å². The molecule has 0 fully saturated rings. The van der Waals surface area contributed by atoms with E-state index in [1.807, 2.05) is 13.8 Å². The van der Waals surface area contributed by atoms with Gasteiger partial charge in [-0.1, -0.05) is 0 Å². The highest BCUT2D eigenvalue weighted by molar-refractivity contribution is 5.54. The van der Waals surface area contributed by atoms with E-state index in [-0.39, 0.29) is 25.1 Å². The van der Waals surface area contributed by atoms with Crippen molar-refractivity contribution in [2.45, 2.75) is 39.5 Å². The van der Waals surface area contributed by atoms with Gasteiger partial charge in [0.1, 0.15) is 5.82 Å². The molecule has 0 aliphatic carbocycles. The molecule has 1 heterocycles. The van der Waals surface area contributed by atoms with Gasteiger partial charge in [0, 0.05) is 5.56 Å². The van der Waals surface area contributed by atoms with Crippen LogP contribution in [0.25, 0.3) is 11.4 Å². The smallest absolute Gasteiger partial charge is 0.204 e. The van der Waals surface area contributed by atoms with Gasteiger partial charge in [-0.3, -0.25) is 0 Å². The van der Waals surface area contributed by atoms with Crippen LogP contribution in [0.15, 0.2) is 18.2 Å². The summed E-state index contributed by atoms with van der Waals surface area (Å²) in [7, 11) is 0. The number of tetrazole rings is 1. The lowest BCUT2D eigenvalue weighted by atomic mass is 10.1. The third-order valence-corrected chi connectivity index (χ3v) is 2.86. The zero-order chi connectivity index (χ0) is 15.4. The second-order valence-electron chi connectivity index (χ2n) is 5.17. The lowest BCUT2D eigenvalue weighted by molar-refractivity contribution is -0.00379. The van der Waals surface area contributed by atoms with E-state index in [9.17, 15) is 9.50 Å². The average molecular weight is 294 g/mol. The van der Waals surface area contributed by atoms with Gasteiger partial charge in [0.05, 0.1) is 25.4 Å². The molecule has 0 radical (unpaired) electrons. The number of nitrogens with zero attached hydrogens (tertiary/aromatic N) is 4. The minimum Gasteiger partial charge on any atom is -0.389 e. The molecule has 1 unspecified atom stereocenters. The standard InChI is InChI=1S/C14H19FN4O2/c1-9(2)21-8-12(20)7-19-17-14(16-18-19)11-4-5-13(15)10(3)6-11/h4-6,9,12,20H,7-8H2,1-3H3.